The van der Waals surface area contributed by atoms with E-state index in [0.29, 0.717) is 17.5 Å². The first-order valence-electron chi connectivity index (χ1n) is 6.37. The summed E-state index contributed by atoms with van der Waals surface area (Å²) in [6.45, 7) is 0. The number of rotatable bonds is 4. The number of benzene rings is 1. The van der Waals surface area contributed by atoms with Gasteiger partial charge in [-0.2, -0.15) is 4.98 Å². The van der Waals surface area contributed by atoms with E-state index in [0.717, 1.165) is 17.0 Å². The summed E-state index contributed by atoms with van der Waals surface area (Å²) in [7, 11) is 4.80. The maximum atomic E-state index is 5.34. The molecule has 0 aliphatic carbocycles. The number of nitrogens with zero attached hydrogens (tertiary/aromatic N) is 3. The Bertz CT molecular complexity index is 766. The summed E-state index contributed by atoms with van der Waals surface area (Å²) < 4.78 is 17.4. The Kier molecular flexibility index (Phi) is 3.35. The topological polar surface area (TPSA) is 57.9 Å². The average molecular weight is 285 g/mol. The summed E-state index contributed by atoms with van der Waals surface area (Å²) in [6.07, 6.45) is 1.88. The molecule has 0 saturated carbocycles. The molecule has 0 bridgehead atoms. The van der Waals surface area contributed by atoms with Gasteiger partial charge in [-0.25, -0.2) is 4.98 Å². The molecule has 1 aromatic carbocycles. The van der Waals surface area contributed by atoms with Crippen molar-refractivity contribution in [1.29, 1.82) is 0 Å². The van der Waals surface area contributed by atoms with Gasteiger partial charge in [0.05, 0.1) is 33.1 Å². The molecule has 0 unspecified atom stereocenters. The molecule has 6 nitrogen and oxygen atoms in total. The molecule has 0 atom stereocenters. The van der Waals surface area contributed by atoms with Crippen LogP contribution in [0.3, 0.4) is 0 Å². The molecule has 21 heavy (non-hydrogen) atoms. The van der Waals surface area contributed by atoms with Gasteiger partial charge in [0.1, 0.15) is 5.75 Å². The molecule has 0 N–H and O–H groups in total. The van der Waals surface area contributed by atoms with Crippen LogP contribution in [0.15, 0.2) is 36.5 Å². The van der Waals surface area contributed by atoms with Crippen LogP contribution >= 0.6 is 0 Å². The highest BCUT2D eigenvalue weighted by atomic mass is 16.5. The molecule has 0 spiro atoms. The first-order chi connectivity index (χ1) is 10.2. The van der Waals surface area contributed by atoms with E-state index >= 15 is 0 Å². The summed E-state index contributed by atoms with van der Waals surface area (Å²) in [5, 5.41) is 0. The Morgan fingerprint density at radius 2 is 1.67 bits per heavy atom. The van der Waals surface area contributed by atoms with Crippen LogP contribution in [0.25, 0.3) is 17.0 Å². The molecule has 2 heterocycles. The largest absolute Gasteiger partial charge is 0.497 e. The Balaban J connectivity index is 2.11. The van der Waals surface area contributed by atoms with Crippen LogP contribution in [0.1, 0.15) is 0 Å². The minimum Gasteiger partial charge on any atom is -0.497 e. The molecular weight excluding hydrogens is 270 g/mol. The van der Waals surface area contributed by atoms with Gasteiger partial charge in [-0.3, -0.25) is 4.40 Å². The van der Waals surface area contributed by atoms with E-state index in [2.05, 4.69) is 9.97 Å². The quantitative estimate of drug-likeness (QED) is 0.737. The molecule has 0 amide bonds. The number of methoxy groups -OCH3 is 3. The van der Waals surface area contributed by atoms with Gasteiger partial charge in [-0.05, 0) is 24.3 Å². The second-order valence-corrected chi connectivity index (χ2v) is 4.37. The second-order valence-electron chi connectivity index (χ2n) is 4.37. The Morgan fingerprint density at radius 1 is 0.905 bits per heavy atom. The van der Waals surface area contributed by atoms with Gasteiger partial charge >= 0.3 is 0 Å². The highest BCUT2D eigenvalue weighted by molar-refractivity contribution is 5.63. The number of hydrogen-bond acceptors (Lipinski definition) is 5. The van der Waals surface area contributed by atoms with Crippen LogP contribution < -0.4 is 14.2 Å². The minimum absolute atomic E-state index is 0.464. The summed E-state index contributed by atoms with van der Waals surface area (Å²) in [6, 6.07) is 9.40. The normalized spacial score (nSPS) is 10.6. The predicted octanol–water partition coefficient (Wildman–Crippen LogP) is 2.42. The summed E-state index contributed by atoms with van der Waals surface area (Å²) in [5.74, 6) is 2.41. The first kappa shape index (κ1) is 13.2. The van der Waals surface area contributed by atoms with Crippen molar-refractivity contribution in [2.75, 3.05) is 21.3 Å². The van der Waals surface area contributed by atoms with Crippen molar-refractivity contribution < 1.29 is 14.2 Å². The first-order valence-corrected chi connectivity index (χ1v) is 6.37. The minimum atomic E-state index is 0.464. The van der Waals surface area contributed by atoms with Crippen molar-refractivity contribution in [2.45, 2.75) is 0 Å². The maximum absolute atomic E-state index is 5.34. The molecule has 2 aromatic heterocycles. The standard InChI is InChI=1S/C15H15N3O3/c1-19-11-6-4-10(5-7-11)12-9-18-14(21-3)8-13(20-2)17-15(18)16-12/h4-9H,1-3H3. The van der Waals surface area contributed by atoms with E-state index in [1.54, 1.807) is 31.8 Å². The van der Waals surface area contributed by atoms with Gasteiger partial charge in [-0.15, -0.1) is 0 Å². The van der Waals surface area contributed by atoms with Crippen LogP contribution in [-0.2, 0) is 0 Å². The molecule has 3 aromatic rings. The van der Waals surface area contributed by atoms with Crippen molar-refractivity contribution in [3.8, 4) is 28.8 Å². The van der Waals surface area contributed by atoms with Crippen molar-refractivity contribution in [2.24, 2.45) is 0 Å². The number of fused-ring (bicyclic) bond motifs is 1. The smallest absolute Gasteiger partial charge is 0.240 e. The van der Waals surface area contributed by atoms with Crippen LogP contribution in [0.5, 0.6) is 17.5 Å². The lowest BCUT2D eigenvalue weighted by Gasteiger charge is -2.04. The van der Waals surface area contributed by atoms with Crippen LogP contribution in [0.4, 0.5) is 0 Å². The predicted molar refractivity (Wildman–Crippen MR) is 78.1 cm³/mol. The number of imidazole rings is 1. The van der Waals surface area contributed by atoms with Gasteiger partial charge in [0.15, 0.2) is 0 Å². The van der Waals surface area contributed by atoms with E-state index in [9.17, 15) is 0 Å². The lowest BCUT2D eigenvalue weighted by molar-refractivity contribution is 0.369. The van der Waals surface area contributed by atoms with E-state index in [-0.39, 0.29) is 0 Å². The van der Waals surface area contributed by atoms with Crippen LogP contribution in [0.2, 0.25) is 0 Å². The lowest BCUT2D eigenvalue weighted by Crippen LogP contribution is -1.97. The van der Waals surface area contributed by atoms with Gasteiger partial charge < -0.3 is 14.2 Å². The SMILES string of the molecule is COc1ccc(-c2cn3c(OC)cc(OC)nc3n2)cc1. The zero-order chi connectivity index (χ0) is 14.8. The third-order valence-corrected chi connectivity index (χ3v) is 3.19. The van der Waals surface area contributed by atoms with Gasteiger partial charge in [0.25, 0.3) is 0 Å². The monoisotopic (exact) mass is 285 g/mol. The summed E-state index contributed by atoms with van der Waals surface area (Å²) >= 11 is 0. The fourth-order valence-corrected chi connectivity index (χ4v) is 2.08. The Morgan fingerprint density at radius 3 is 2.29 bits per heavy atom. The molecule has 0 saturated heterocycles. The molecule has 0 aliphatic heterocycles. The van der Waals surface area contributed by atoms with E-state index in [1.807, 2.05) is 30.5 Å². The Hall–Kier alpha value is -2.76. The lowest BCUT2D eigenvalue weighted by atomic mass is 10.2. The maximum Gasteiger partial charge on any atom is 0.240 e. The molecule has 0 aliphatic rings. The van der Waals surface area contributed by atoms with Gasteiger partial charge in [-0.1, -0.05) is 0 Å². The molecule has 6 heteroatoms. The molecule has 108 valence electrons. The van der Waals surface area contributed by atoms with Crippen LogP contribution in [0, 0.1) is 0 Å². The molecule has 3 rings (SSSR count). The Labute approximate surface area is 121 Å². The van der Waals surface area contributed by atoms with Crippen molar-refractivity contribution in [3.05, 3.63) is 36.5 Å². The zero-order valence-electron chi connectivity index (χ0n) is 12.0. The van der Waals surface area contributed by atoms with Gasteiger partial charge in [0.2, 0.25) is 17.5 Å². The van der Waals surface area contributed by atoms with Gasteiger partial charge in [0, 0.05) is 11.8 Å². The van der Waals surface area contributed by atoms with E-state index in [1.165, 1.54) is 0 Å². The van der Waals surface area contributed by atoms with E-state index in [4.69, 9.17) is 14.2 Å². The fourth-order valence-electron chi connectivity index (χ4n) is 2.08. The summed E-state index contributed by atoms with van der Waals surface area (Å²) in [5.41, 5.74) is 1.78. The van der Waals surface area contributed by atoms with Crippen molar-refractivity contribution in [1.82, 2.24) is 14.4 Å². The molecule has 0 fully saturated rings. The third kappa shape index (κ3) is 2.35. The van der Waals surface area contributed by atoms with Crippen molar-refractivity contribution >= 4 is 5.78 Å². The number of aromatic nitrogens is 3. The number of hydrogen-bond donors (Lipinski definition) is 0. The third-order valence-electron chi connectivity index (χ3n) is 3.19. The average Bonchev–Trinajstić information content (AvgIpc) is 2.97. The molecular formula is C15H15N3O3. The summed E-state index contributed by atoms with van der Waals surface area (Å²) in [4.78, 5) is 8.81. The number of ether oxygens (including phenoxy) is 3. The molecule has 0 radical (unpaired) electrons. The van der Waals surface area contributed by atoms with E-state index < -0.39 is 0 Å². The van der Waals surface area contributed by atoms with Crippen molar-refractivity contribution in [3.63, 3.8) is 0 Å². The zero-order valence-corrected chi connectivity index (χ0v) is 12.0. The highest BCUT2D eigenvalue weighted by Gasteiger charge is 2.11. The van der Waals surface area contributed by atoms with Crippen LogP contribution in [-0.4, -0.2) is 35.7 Å². The highest BCUT2D eigenvalue weighted by Crippen LogP contribution is 2.25. The second kappa shape index (κ2) is 5.32. The fraction of sp³-hybridized carbons (Fsp3) is 0.200.